The molecule has 0 radical (unpaired) electrons. The zero-order chi connectivity index (χ0) is 11.0. The number of anilines is 2. The van der Waals surface area contributed by atoms with Crippen molar-refractivity contribution in [1.29, 1.82) is 0 Å². The average Bonchev–Trinajstić information content (AvgIpc) is 2.16. The number of fused-ring (bicyclic) bond motifs is 1. The third-order valence-corrected chi connectivity index (χ3v) is 2.38. The molecule has 15 heavy (non-hydrogen) atoms. The van der Waals surface area contributed by atoms with Crippen molar-refractivity contribution < 1.29 is 9.53 Å². The molecule has 2 N–H and O–H groups in total. The molecule has 1 aliphatic rings. The summed E-state index contributed by atoms with van der Waals surface area (Å²) in [5, 5.41) is 0. The lowest BCUT2D eigenvalue weighted by molar-refractivity contribution is -0.121. The monoisotopic (exact) mass is 206 g/mol. The third kappa shape index (κ3) is 1.63. The summed E-state index contributed by atoms with van der Waals surface area (Å²) in [5.41, 5.74) is 7.10. The number of hydrogen-bond donors (Lipinski definition) is 1. The van der Waals surface area contributed by atoms with E-state index in [1.54, 1.807) is 23.1 Å². The van der Waals surface area contributed by atoms with Crippen molar-refractivity contribution in [3.8, 4) is 5.75 Å². The number of hydrogen-bond acceptors (Lipinski definition) is 3. The van der Waals surface area contributed by atoms with Gasteiger partial charge in [0.25, 0.3) is 5.91 Å². The summed E-state index contributed by atoms with van der Waals surface area (Å²) >= 11 is 0. The number of nitrogen functional groups attached to an aromatic ring is 1. The molecule has 1 aromatic rings. The lowest BCUT2D eigenvalue weighted by Crippen LogP contribution is -2.43. The Morgan fingerprint density at radius 3 is 2.87 bits per heavy atom. The van der Waals surface area contributed by atoms with Gasteiger partial charge in [0.1, 0.15) is 5.75 Å². The van der Waals surface area contributed by atoms with Crippen molar-refractivity contribution in [1.82, 2.24) is 0 Å². The maximum Gasteiger partial charge on any atom is 0.265 e. The molecule has 0 saturated heterocycles. The summed E-state index contributed by atoms with van der Waals surface area (Å²) in [4.78, 5) is 13.4. The minimum Gasteiger partial charge on any atom is -0.482 e. The van der Waals surface area contributed by atoms with Crippen LogP contribution in [0.5, 0.6) is 5.75 Å². The van der Waals surface area contributed by atoms with Gasteiger partial charge in [-0.1, -0.05) is 0 Å². The first-order valence-electron chi connectivity index (χ1n) is 4.94. The molecule has 2 rings (SSSR count). The van der Waals surface area contributed by atoms with E-state index in [1.807, 2.05) is 13.8 Å². The molecular formula is C11H14N2O2. The predicted molar refractivity (Wildman–Crippen MR) is 59.0 cm³/mol. The van der Waals surface area contributed by atoms with Crippen molar-refractivity contribution in [3.63, 3.8) is 0 Å². The largest absolute Gasteiger partial charge is 0.482 e. The van der Waals surface area contributed by atoms with Gasteiger partial charge >= 0.3 is 0 Å². The van der Waals surface area contributed by atoms with E-state index in [0.29, 0.717) is 5.69 Å². The number of carbonyl (C=O) groups is 1. The standard InChI is InChI=1S/C11H14N2O2/c1-7(2)13-9-5-8(12)3-4-10(9)15-6-11(13)14/h3-5,7H,6,12H2,1-2H3. The first kappa shape index (κ1) is 9.83. The first-order valence-corrected chi connectivity index (χ1v) is 4.94. The second-order valence-corrected chi connectivity index (χ2v) is 3.87. The topological polar surface area (TPSA) is 55.6 Å². The van der Waals surface area contributed by atoms with Crippen LogP contribution in [0.2, 0.25) is 0 Å². The minimum atomic E-state index is -0.0249. The second kappa shape index (κ2) is 3.46. The highest BCUT2D eigenvalue weighted by atomic mass is 16.5. The summed E-state index contributed by atoms with van der Waals surface area (Å²) < 4.78 is 5.32. The number of carbonyl (C=O) groups excluding carboxylic acids is 1. The Labute approximate surface area is 88.6 Å². The summed E-state index contributed by atoms with van der Waals surface area (Å²) in [7, 11) is 0. The maximum atomic E-state index is 11.7. The summed E-state index contributed by atoms with van der Waals surface area (Å²) in [6, 6.07) is 5.45. The maximum absolute atomic E-state index is 11.7. The van der Waals surface area contributed by atoms with Crippen molar-refractivity contribution >= 4 is 17.3 Å². The van der Waals surface area contributed by atoms with E-state index < -0.39 is 0 Å². The van der Waals surface area contributed by atoms with Gasteiger partial charge in [0.2, 0.25) is 0 Å². The second-order valence-electron chi connectivity index (χ2n) is 3.87. The normalized spacial score (nSPS) is 15.1. The molecule has 0 unspecified atom stereocenters. The van der Waals surface area contributed by atoms with E-state index in [9.17, 15) is 4.79 Å². The van der Waals surface area contributed by atoms with Gasteiger partial charge < -0.3 is 15.4 Å². The van der Waals surface area contributed by atoms with Crippen LogP contribution >= 0.6 is 0 Å². The number of ether oxygens (including phenoxy) is 1. The molecule has 0 spiro atoms. The third-order valence-electron chi connectivity index (χ3n) is 2.38. The quantitative estimate of drug-likeness (QED) is 0.707. The van der Waals surface area contributed by atoms with E-state index in [-0.39, 0.29) is 18.6 Å². The Morgan fingerprint density at radius 1 is 1.47 bits per heavy atom. The lowest BCUT2D eigenvalue weighted by atomic mass is 10.1. The molecule has 0 saturated carbocycles. The summed E-state index contributed by atoms with van der Waals surface area (Å²) in [6.45, 7) is 4.04. The van der Waals surface area contributed by atoms with Crippen LogP contribution in [0.15, 0.2) is 18.2 Å². The van der Waals surface area contributed by atoms with Crippen LogP contribution < -0.4 is 15.4 Å². The van der Waals surface area contributed by atoms with Crippen molar-refractivity contribution in [3.05, 3.63) is 18.2 Å². The summed E-state index contributed by atoms with van der Waals surface area (Å²) in [5.74, 6) is 0.695. The van der Waals surface area contributed by atoms with Crippen LogP contribution in [-0.4, -0.2) is 18.6 Å². The van der Waals surface area contributed by atoms with Gasteiger partial charge in [-0.05, 0) is 32.0 Å². The van der Waals surface area contributed by atoms with Crippen molar-refractivity contribution in [2.75, 3.05) is 17.2 Å². The van der Waals surface area contributed by atoms with E-state index in [1.165, 1.54) is 0 Å². The van der Waals surface area contributed by atoms with E-state index in [4.69, 9.17) is 10.5 Å². The highest BCUT2D eigenvalue weighted by Crippen LogP contribution is 2.34. The van der Waals surface area contributed by atoms with Crippen LogP contribution in [0.4, 0.5) is 11.4 Å². The first-order chi connectivity index (χ1) is 7.09. The van der Waals surface area contributed by atoms with E-state index in [2.05, 4.69) is 0 Å². The Hall–Kier alpha value is -1.71. The molecule has 0 aliphatic carbocycles. The molecule has 80 valence electrons. The Kier molecular flexibility index (Phi) is 2.26. The van der Waals surface area contributed by atoms with Gasteiger partial charge in [-0.3, -0.25) is 4.79 Å². The average molecular weight is 206 g/mol. The summed E-state index contributed by atoms with van der Waals surface area (Å²) in [6.07, 6.45) is 0. The van der Waals surface area contributed by atoms with Gasteiger partial charge in [0.15, 0.2) is 6.61 Å². The minimum absolute atomic E-state index is 0.0249. The molecule has 1 aliphatic heterocycles. The number of benzene rings is 1. The highest BCUT2D eigenvalue weighted by molar-refractivity contribution is 5.98. The highest BCUT2D eigenvalue weighted by Gasteiger charge is 2.27. The van der Waals surface area contributed by atoms with Crippen molar-refractivity contribution in [2.45, 2.75) is 19.9 Å². The number of nitrogens with zero attached hydrogens (tertiary/aromatic N) is 1. The fourth-order valence-corrected chi connectivity index (χ4v) is 1.75. The SMILES string of the molecule is CC(C)N1C(=O)COc2ccc(N)cc21. The van der Waals surface area contributed by atoms with Crippen LogP contribution in [0.1, 0.15) is 13.8 Å². The zero-order valence-electron chi connectivity index (χ0n) is 8.86. The molecule has 0 fully saturated rings. The van der Waals surface area contributed by atoms with E-state index >= 15 is 0 Å². The molecule has 0 aromatic heterocycles. The molecule has 1 amide bonds. The molecule has 1 heterocycles. The van der Waals surface area contributed by atoms with Crippen LogP contribution in [0.25, 0.3) is 0 Å². The van der Waals surface area contributed by atoms with Crippen LogP contribution in [0.3, 0.4) is 0 Å². The van der Waals surface area contributed by atoms with Crippen molar-refractivity contribution in [2.24, 2.45) is 0 Å². The van der Waals surface area contributed by atoms with Gasteiger partial charge in [-0.25, -0.2) is 0 Å². The zero-order valence-corrected chi connectivity index (χ0v) is 8.86. The van der Waals surface area contributed by atoms with Gasteiger partial charge in [-0.15, -0.1) is 0 Å². The Balaban J connectivity index is 2.50. The van der Waals surface area contributed by atoms with Gasteiger partial charge in [0.05, 0.1) is 5.69 Å². The van der Waals surface area contributed by atoms with Crippen LogP contribution in [-0.2, 0) is 4.79 Å². The smallest absolute Gasteiger partial charge is 0.265 e. The number of rotatable bonds is 1. The number of nitrogens with two attached hydrogens (primary N) is 1. The molecule has 4 nitrogen and oxygen atoms in total. The molecule has 0 atom stereocenters. The Bertz CT molecular complexity index is 402. The Morgan fingerprint density at radius 2 is 2.20 bits per heavy atom. The molecule has 0 bridgehead atoms. The van der Waals surface area contributed by atoms with Gasteiger partial charge in [0, 0.05) is 11.7 Å². The fraction of sp³-hybridized carbons (Fsp3) is 0.364. The molecule has 4 heteroatoms. The molecular weight excluding hydrogens is 192 g/mol. The van der Waals surface area contributed by atoms with Gasteiger partial charge in [-0.2, -0.15) is 0 Å². The predicted octanol–water partition coefficient (Wildman–Crippen LogP) is 1.40. The molecule has 1 aromatic carbocycles. The lowest BCUT2D eigenvalue weighted by Gasteiger charge is -2.32. The van der Waals surface area contributed by atoms with Crippen LogP contribution in [0, 0.1) is 0 Å². The van der Waals surface area contributed by atoms with E-state index in [0.717, 1.165) is 11.4 Å². The fourth-order valence-electron chi connectivity index (χ4n) is 1.75. The number of amides is 1.